The third-order valence-electron chi connectivity index (χ3n) is 6.77. The predicted molar refractivity (Wildman–Crippen MR) is 125 cm³/mol. The Labute approximate surface area is 192 Å². The van der Waals surface area contributed by atoms with Crippen molar-refractivity contribution >= 4 is 23.3 Å². The first-order chi connectivity index (χ1) is 15.8. The minimum atomic E-state index is -0.540. The number of nitrogens with two attached hydrogens (primary N) is 1. The lowest BCUT2D eigenvalue weighted by molar-refractivity contribution is 0.0529. The molecule has 5 rings (SSSR count). The van der Waals surface area contributed by atoms with Crippen LogP contribution in [0.1, 0.15) is 78.3 Å². The number of carbonyl (C=O) groups excluding carboxylic acids is 2. The Bertz CT molecular complexity index is 1270. The van der Waals surface area contributed by atoms with Crippen molar-refractivity contribution in [1.82, 2.24) is 19.5 Å². The van der Waals surface area contributed by atoms with Crippen molar-refractivity contribution in [2.24, 2.45) is 5.92 Å². The van der Waals surface area contributed by atoms with Crippen LogP contribution in [0.3, 0.4) is 0 Å². The number of benzene rings is 1. The van der Waals surface area contributed by atoms with Crippen LogP contribution in [0.2, 0.25) is 0 Å². The van der Waals surface area contributed by atoms with Crippen molar-refractivity contribution in [2.45, 2.75) is 59.0 Å². The number of hydrogen-bond acceptors (Lipinski definition) is 6. The molecule has 172 valence electrons. The molecule has 1 fully saturated rings. The predicted octanol–water partition coefficient (Wildman–Crippen LogP) is 4.03. The SMILES string of the molecule is CCOC(=O)c1c(N)nn2ccc(-c3cc4c(c(C(C)C)c3)C(=O)N([C@@H](C)C3CC3)C4)nc12. The molecule has 2 aliphatic rings. The molecule has 1 aliphatic heterocycles. The van der Waals surface area contributed by atoms with Crippen LogP contribution in [0.15, 0.2) is 24.4 Å². The van der Waals surface area contributed by atoms with Crippen LogP contribution in [0.5, 0.6) is 0 Å². The van der Waals surface area contributed by atoms with Crippen molar-refractivity contribution < 1.29 is 14.3 Å². The number of esters is 1. The summed E-state index contributed by atoms with van der Waals surface area (Å²) in [7, 11) is 0. The zero-order chi connectivity index (χ0) is 23.4. The Hall–Kier alpha value is -3.42. The van der Waals surface area contributed by atoms with Gasteiger partial charge in [0.15, 0.2) is 11.5 Å². The van der Waals surface area contributed by atoms with E-state index < -0.39 is 5.97 Å². The van der Waals surface area contributed by atoms with E-state index >= 15 is 0 Å². The standard InChI is InChI=1S/C25H29N5O3/c1-5-33-25(32)21-22(26)28-30-9-8-19(27-23(21)30)16-10-17-12-29(14(4)15-6-7-15)24(31)20(17)18(11-16)13(2)3/h8-11,13-15H,5-7,12H2,1-4H3,(H2,26,28)/t14-/m0/s1. The van der Waals surface area contributed by atoms with Crippen molar-refractivity contribution in [3.8, 4) is 11.3 Å². The topological polar surface area (TPSA) is 103 Å². The second kappa shape index (κ2) is 7.86. The smallest absolute Gasteiger partial charge is 0.345 e. The Morgan fingerprint density at radius 2 is 2.03 bits per heavy atom. The molecule has 2 aromatic heterocycles. The first-order valence-corrected chi connectivity index (χ1v) is 11.6. The van der Waals surface area contributed by atoms with Gasteiger partial charge in [-0.2, -0.15) is 0 Å². The molecule has 2 N–H and O–H groups in total. The average molecular weight is 448 g/mol. The molecule has 1 atom stereocenters. The normalized spacial score (nSPS) is 16.5. The zero-order valence-electron chi connectivity index (χ0n) is 19.5. The number of nitrogen functional groups attached to an aromatic ring is 1. The third-order valence-corrected chi connectivity index (χ3v) is 6.77. The van der Waals surface area contributed by atoms with E-state index in [1.807, 2.05) is 11.0 Å². The van der Waals surface area contributed by atoms with Crippen molar-refractivity contribution in [3.63, 3.8) is 0 Å². The van der Waals surface area contributed by atoms with E-state index in [0.717, 1.165) is 22.3 Å². The highest BCUT2D eigenvalue weighted by atomic mass is 16.5. The lowest BCUT2D eigenvalue weighted by atomic mass is 9.91. The molecular weight excluding hydrogens is 418 g/mol. The van der Waals surface area contributed by atoms with E-state index in [1.54, 1.807) is 13.1 Å². The molecule has 33 heavy (non-hydrogen) atoms. The quantitative estimate of drug-likeness (QED) is 0.572. The van der Waals surface area contributed by atoms with E-state index in [0.29, 0.717) is 23.8 Å². The molecule has 1 aliphatic carbocycles. The van der Waals surface area contributed by atoms with Gasteiger partial charge in [-0.3, -0.25) is 4.79 Å². The number of aromatic nitrogens is 3. The summed E-state index contributed by atoms with van der Waals surface area (Å²) < 4.78 is 6.64. The maximum atomic E-state index is 13.3. The molecule has 0 saturated heterocycles. The van der Waals surface area contributed by atoms with Gasteiger partial charge >= 0.3 is 5.97 Å². The van der Waals surface area contributed by atoms with Crippen molar-refractivity contribution in [3.05, 3.63) is 46.6 Å². The van der Waals surface area contributed by atoms with E-state index in [1.165, 1.54) is 17.4 Å². The second-order valence-corrected chi connectivity index (χ2v) is 9.33. The second-order valence-electron chi connectivity index (χ2n) is 9.33. The largest absolute Gasteiger partial charge is 0.462 e. The summed E-state index contributed by atoms with van der Waals surface area (Å²) in [6.07, 6.45) is 4.14. The number of amides is 1. The lowest BCUT2D eigenvalue weighted by Gasteiger charge is -2.24. The molecule has 0 radical (unpaired) electrons. The fourth-order valence-electron chi connectivity index (χ4n) is 4.78. The van der Waals surface area contributed by atoms with Crippen molar-refractivity contribution in [1.29, 1.82) is 0 Å². The molecule has 0 bridgehead atoms. The Kier molecular flexibility index (Phi) is 5.11. The van der Waals surface area contributed by atoms with Gasteiger partial charge < -0.3 is 15.4 Å². The summed E-state index contributed by atoms with van der Waals surface area (Å²) in [6, 6.07) is 6.21. The molecule has 3 heterocycles. The number of nitrogens with zero attached hydrogens (tertiary/aromatic N) is 4. The fraction of sp³-hybridized carbons (Fsp3) is 0.440. The highest BCUT2D eigenvalue weighted by Gasteiger charge is 2.40. The first kappa shape index (κ1) is 21.4. The highest BCUT2D eigenvalue weighted by Crippen LogP contribution is 2.41. The van der Waals surface area contributed by atoms with Crippen LogP contribution in [0.4, 0.5) is 5.82 Å². The van der Waals surface area contributed by atoms with Gasteiger partial charge in [-0.05, 0) is 67.9 Å². The summed E-state index contributed by atoms with van der Waals surface area (Å²) in [5, 5.41) is 4.20. The fourth-order valence-corrected chi connectivity index (χ4v) is 4.78. The summed E-state index contributed by atoms with van der Waals surface area (Å²) in [6.45, 7) is 8.97. The molecule has 8 nitrogen and oxygen atoms in total. The number of fused-ring (bicyclic) bond motifs is 2. The van der Waals surface area contributed by atoms with Gasteiger partial charge in [0.05, 0.1) is 12.3 Å². The Morgan fingerprint density at radius 1 is 1.27 bits per heavy atom. The van der Waals surface area contributed by atoms with Crippen LogP contribution >= 0.6 is 0 Å². The van der Waals surface area contributed by atoms with Crippen LogP contribution in [-0.4, -0.2) is 44.0 Å². The van der Waals surface area contributed by atoms with Crippen LogP contribution in [-0.2, 0) is 11.3 Å². The van der Waals surface area contributed by atoms with E-state index in [4.69, 9.17) is 15.5 Å². The number of ether oxygens (including phenoxy) is 1. The monoisotopic (exact) mass is 447 g/mol. The zero-order valence-corrected chi connectivity index (χ0v) is 19.5. The molecule has 3 aromatic rings. The number of hydrogen-bond donors (Lipinski definition) is 1. The lowest BCUT2D eigenvalue weighted by Crippen LogP contribution is -2.34. The molecule has 0 spiro atoms. The molecule has 1 amide bonds. The Morgan fingerprint density at radius 3 is 2.70 bits per heavy atom. The van der Waals surface area contributed by atoms with Gasteiger partial charge in [-0.15, -0.1) is 5.10 Å². The molecule has 8 heteroatoms. The maximum absolute atomic E-state index is 13.3. The summed E-state index contributed by atoms with van der Waals surface area (Å²) in [5.41, 5.74) is 11.0. The summed E-state index contributed by atoms with van der Waals surface area (Å²) >= 11 is 0. The maximum Gasteiger partial charge on any atom is 0.345 e. The van der Waals surface area contributed by atoms with E-state index in [2.05, 4.69) is 38.0 Å². The Balaban J connectivity index is 1.60. The average Bonchev–Trinajstić information content (AvgIpc) is 3.50. The number of anilines is 1. The van der Waals surface area contributed by atoms with Gasteiger partial charge in [0.2, 0.25) is 0 Å². The van der Waals surface area contributed by atoms with Gasteiger partial charge in [-0.1, -0.05) is 13.8 Å². The van der Waals surface area contributed by atoms with Crippen LogP contribution < -0.4 is 5.73 Å². The van der Waals surface area contributed by atoms with Crippen LogP contribution in [0.25, 0.3) is 16.9 Å². The van der Waals surface area contributed by atoms with Gasteiger partial charge in [-0.25, -0.2) is 14.3 Å². The van der Waals surface area contributed by atoms with Gasteiger partial charge in [0, 0.05) is 29.9 Å². The van der Waals surface area contributed by atoms with Crippen molar-refractivity contribution in [2.75, 3.05) is 12.3 Å². The first-order valence-electron chi connectivity index (χ1n) is 11.6. The van der Waals surface area contributed by atoms with E-state index in [-0.39, 0.29) is 35.9 Å². The van der Waals surface area contributed by atoms with Crippen LogP contribution in [0, 0.1) is 5.92 Å². The third kappa shape index (κ3) is 3.53. The molecular formula is C25H29N5O3. The van der Waals surface area contributed by atoms with E-state index in [9.17, 15) is 9.59 Å². The summed E-state index contributed by atoms with van der Waals surface area (Å²) in [4.78, 5) is 32.5. The molecule has 1 aromatic carbocycles. The van der Waals surface area contributed by atoms with Gasteiger partial charge in [0.1, 0.15) is 5.56 Å². The highest BCUT2D eigenvalue weighted by molar-refractivity contribution is 6.02. The minimum Gasteiger partial charge on any atom is -0.462 e. The summed E-state index contributed by atoms with van der Waals surface area (Å²) in [5.74, 6) is 0.481. The van der Waals surface area contributed by atoms with Gasteiger partial charge in [0.25, 0.3) is 5.91 Å². The minimum absolute atomic E-state index is 0.0882. The molecule has 1 saturated carbocycles. The number of carbonyl (C=O) groups is 2. The number of rotatable bonds is 6. The molecule has 0 unspecified atom stereocenters.